The fraction of sp³-hybridized carbons (Fsp3) is 0.793. The van der Waals surface area contributed by atoms with E-state index in [0.717, 1.165) is 32.1 Å². The molecule has 0 aromatic rings. The zero-order valence-corrected chi connectivity index (χ0v) is 25.0. The maximum atomic E-state index is 13.5. The monoisotopic (exact) mass is 505 g/mol. The molecule has 35 heavy (non-hydrogen) atoms. The van der Waals surface area contributed by atoms with Crippen molar-refractivity contribution in [3.63, 3.8) is 0 Å². The Balaban J connectivity index is 2.31. The lowest BCUT2D eigenvalue weighted by molar-refractivity contribution is -0.116. The van der Waals surface area contributed by atoms with Crippen molar-refractivity contribution in [1.82, 2.24) is 4.90 Å². The van der Waals surface area contributed by atoms with Crippen LogP contribution in [0.5, 0.6) is 0 Å². The molecule has 6 heteroatoms. The molecular formula is C29H51NO4Si. The summed E-state index contributed by atoms with van der Waals surface area (Å²) in [6, 6.07) is 0.152. The molecule has 0 spiro atoms. The largest absolute Gasteiger partial charge is 0.444 e. The van der Waals surface area contributed by atoms with E-state index >= 15 is 0 Å². The second-order valence-corrected chi connectivity index (χ2v) is 17.9. The highest BCUT2D eigenvalue weighted by Crippen LogP contribution is 2.46. The predicted octanol–water partition coefficient (Wildman–Crippen LogP) is 7.67. The molecular weight excluding hydrogens is 454 g/mol. The Morgan fingerprint density at radius 1 is 1.06 bits per heavy atom. The Hall–Kier alpha value is -1.40. The van der Waals surface area contributed by atoms with Crippen LogP contribution in [-0.4, -0.2) is 48.9 Å². The summed E-state index contributed by atoms with van der Waals surface area (Å²) >= 11 is 0. The Kier molecular flexibility index (Phi) is 10.0. The van der Waals surface area contributed by atoms with Crippen LogP contribution < -0.4 is 0 Å². The van der Waals surface area contributed by atoms with Crippen molar-refractivity contribution in [1.29, 1.82) is 0 Å². The van der Waals surface area contributed by atoms with Crippen molar-refractivity contribution in [2.75, 3.05) is 0 Å². The van der Waals surface area contributed by atoms with Gasteiger partial charge in [-0.3, -0.25) is 4.90 Å². The summed E-state index contributed by atoms with van der Waals surface area (Å²) in [5, 5.41) is 0.108. The van der Waals surface area contributed by atoms with E-state index in [2.05, 4.69) is 65.1 Å². The van der Waals surface area contributed by atoms with E-state index in [1.807, 2.05) is 25.7 Å². The van der Waals surface area contributed by atoms with E-state index in [9.17, 15) is 9.59 Å². The molecule has 0 N–H and O–H groups in total. The lowest BCUT2D eigenvalue weighted by Gasteiger charge is -2.54. The van der Waals surface area contributed by atoms with E-state index in [0.29, 0.717) is 18.3 Å². The first-order valence-corrected chi connectivity index (χ1v) is 16.5. The summed E-state index contributed by atoms with van der Waals surface area (Å²) in [4.78, 5) is 26.7. The number of nitrogens with zero attached hydrogens (tertiary/aromatic N) is 1. The van der Waals surface area contributed by atoms with Gasteiger partial charge >= 0.3 is 6.09 Å². The normalized spacial score (nSPS) is 28.4. The highest BCUT2D eigenvalue weighted by molar-refractivity contribution is 6.74. The zero-order valence-electron chi connectivity index (χ0n) is 24.0. The van der Waals surface area contributed by atoms with Crippen LogP contribution in [0.1, 0.15) is 93.9 Å². The molecule has 1 amide bonds. The lowest BCUT2D eigenvalue weighted by Crippen LogP contribution is -2.63. The number of hydrogen-bond donors (Lipinski definition) is 0. The molecule has 0 radical (unpaired) electrons. The smallest absolute Gasteiger partial charge is 0.410 e. The fourth-order valence-electron chi connectivity index (χ4n) is 5.13. The van der Waals surface area contributed by atoms with Gasteiger partial charge in [0, 0.05) is 12.5 Å². The minimum absolute atomic E-state index is 0.00442. The van der Waals surface area contributed by atoms with Crippen LogP contribution in [-0.2, 0) is 14.0 Å². The van der Waals surface area contributed by atoms with Crippen molar-refractivity contribution < 1.29 is 18.8 Å². The van der Waals surface area contributed by atoms with Gasteiger partial charge in [-0.05, 0) is 90.3 Å². The van der Waals surface area contributed by atoms with Crippen LogP contribution in [0, 0.1) is 11.8 Å². The minimum atomic E-state index is -2.01. The number of ketones is 1. The topological polar surface area (TPSA) is 55.8 Å². The minimum Gasteiger partial charge on any atom is -0.444 e. The summed E-state index contributed by atoms with van der Waals surface area (Å²) in [5.74, 6) is 0.971. The first-order chi connectivity index (χ1) is 16.0. The number of rotatable bonds is 7. The summed E-state index contributed by atoms with van der Waals surface area (Å²) in [6.45, 7) is 21.0. The van der Waals surface area contributed by atoms with Crippen LogP contribution in [0.2, 0.25) is 18.1 Å². The highest BCUT2D eigenvalue weighted by atomic mass is 28.4. The average molecular weight is 506 g/mol. The maximum absolute atomic E-state index is 13.5. The van der Waals surface area contributed by atoms with Gasteiger partial charge in [-0.15, -0.1) is 0 Å². The van der Waals surface area contributed by atoms with Crippen molar-refractivity contribution in [2.45, 2.75) is 136 Å². The molecule has 1 saturated heterocycles. The van der Waals surface area contributed by atoms with E-state index in [4.69, 9.17) is 9.16 Å². The average Bonchev–Trinajstić information content (AvgIpc) is 2.68. The number of fused-ring (bicyclic) bond motifs is 1. The third-order valence-electron chi connectivity index (χ3n) is 8.05. The van der Waals surface area contributed by atoms with Gasteiger partial charge in [0.15, 0.2) is 8.32 Å². The van der Waals surface area contributed by atoms with Gasteiger partial charge in [-0.2, -0.15) is 0 Å². The second kappa shape index (κ2) is 11.8. The van der Waals surface area contributed by atoms with Crippen LogP contribution in [0.3, 0.4) is 0 Å². The molecule has 1 aliphatic heterocycles. The number of Topliss-reactive ketones (excluding diaryl/α,β-unsaturated/α-hetero) is 1. The van der Waals surface area contributed by atoms with E-state index < -0.39 is 13.9 Å². The molecule has 0 bridgehead atoms. The lowest BCUT2D eigenvalue weighted by atomic mass is 9.69. The summed E-state index contributed by atoms with van der Waals surface area (Å²) in [7, 11) is -2.01. The maximum Gasteiger partial charge on any atom is 0.410 e. The number of carbonyl (C=O) groups is 2. The molecule has 2 fully saturated rings. The summed E-state index contributed by atoms with van der Waals surface area (Å²) in [5.41, 5.74) is -0.530. The molecule has 0 unspecified atom stereocenters. The van der Waals surface area contributed by atoms with Crippen LogP contribution in [0.15, 0.2) is 24.3 Å². The number of piperidine rings is 1. The van der Waals surface area contributed by atoms with E-state index in [1.54, 1.807) is 6.92 Å². The quantitative estimate of drug-likeness (QED) is 0.263. The van der Waals surface area contributed by atoms with Gasteiger partial charge in [0.05, 0.1) is 12.1 Å². The summed E-state index contributed by atoms with van der Waals surface area (Å²) in [6.07, 6.45) is 14.0. The van der Waals surface area contributed by atoms with Crippen LogP contribution in [0.25, 0.3) is 0 Å². The number of carbonyl (C=O) groups excluding carboxylic acids is 2. The highest BCUT2D eigenvalue weighted by Gasteiger charge is 2.50. The Labute approximate surface area is 215 Å². The van der Waals surface area contributed by atoms with Crippen molar-refractivity contribution in [3.05, 3.63) is 24.3 Å². The number of ether oxygens (including phenoxy) is 1. The third-order valence-corrected chi connectivity index (χ3v) is 12.5. The molecule has 1 saturated carbocycles. The fourth-order valence-corrected chi connectivity index (χ4v) is 6.53. The van der Waals surface area contributed by atoms with Gasteiger partial charge < -0.3 is 14.0 Å². The molecule has 5 atom stereocenters. The van der Waals surface area contributed by atoms with Gasteiger partial charge in [0.25, 0.3) is 0 Å². The molecule has 200 valence electrons. The Morgan fingerprint density at radius 3 is 2.29 bits per heavy atom. The molecule has 0 aromatic carbocycles. The second-order valence-electron chi connectivity index (χ2n) is 13.2. The standard InChI is InChI=1S/C29H51NO4Si/c1-21(31)16-13-11-12-14-17-23-18-15-19-25-24(23)20-26(34-35(9,10)29(6,7)8)22(2)30(25)27(32)33-28(3,4)5/h11-12,14,17,22-26H,13,15-16,18-20H2,1-10H3/b12-11+,17-14+/t22-,23+,24-,25+,26-/m0/s1. The number of likely N-dealkylation sites (tertiary alicyclic amines) is 1. The van der Waals surface area contributed by atoms with Crippen LogP contribution >= 0.6 is 0 Å². The van der Waals surface area contributed by atoms with E-state index in [-0.39, 0.29) is 35.1 Å². The molecule has 2 rings (SSSR count). The third kappa shape index (κ3) is 8.31. The van der Waals surface area contributed by atoms with E-state index in [1.165, 1.54) is 0 Å². The van der Waals surface area contributed by atoms with Crippen molar-refractivity contribution >= 4 is 20.2 Å². The zero-order chi connectivity index (χ0) is 26.6. The predicted molar refractivity (Wildman–Crippen MR) is 147 cm³/mol. The number of hydrogen-bond acceptors (Lipinski definition) is 4. The van der Waals surface area contributed by atoms with Crippen molar-refractivity contribution in [2.24, 2.45) is 11.8 Å². The number of allylic oxidation sites excluding steroid dienone is 4. The Bertz CT molecular complexity index is 789. The van der Waals surface area contributed by atoms with Gasteiger partial charge in [-0.25, -0.2) is 4.79 Å². The van der Waals surface area contributed by atoms with Crippen molar-refractivity contribution in [3.8, 4) is 0 Å². The van der Waals surface area contributed by atoms with Gasteiger partial charge in [-0.1, -0.05) is 51.5 Å². The van der Waals surface area contributed by atoms with Gasteiger partial charge in [0.1, 0.15) is 11.4 Å². The van der Waals surface area contributed by atoms with Crippen LogP contribution in [0.4, 0.5) is 4.79 Å². The first-order valence-electron chi connectivity index (χ1n) is 13.6. The first kappa shape index (κ1) is 29.8. The molecule has 1 aliphatic carbocycles. The molecule has 1 heterocycles. The molecule has 2 aliphatic rings. The summed E-state index contributed by atoms with van der Waals surface area (Å²) < 4.78 is 12.9. The SMILES string of the molecule is CC(=O)CC/C=C/C=C/[C@@H]1CCC[C@@H]2[C@H]1C[C@H](O[Si](C)(C)C(C)(C)C)[C@H](C)N2C(=O)OC(C)(C)C. The molecule has 0 aromatic heterocycles. The Morgan fingerprint density at radius 2 is 1.71 bits per heavy atom. The number of amides is 1. The molecule has 5 nitrogen and oxygen atoms in total. The van der Waals surface area contributed by atoms with Gasteiger partial charge in [0.2, 0.25) is 0 Å².